The molecule has 1 saturated carbocycles. The van der Waals surface area contributed by atoms with Gasteiger partial charge in [-0.05, 0) is 48.6 Å². The normalized spacial score (nSPS) is 19.8. The zero-order valence-electron chi connectivity index (χ0n) is 12.4. The molecule has 0 spiro atoms. The maximum Gasteiger partial charge on any atom is 0.0531 e. The van der Waals surface area contributed by atoms with Crippen LogP contribution in [0.3, 0.4) is 0 Å². The van der Waals surface area contributed by atoms with Gasteiger partial charge in [0.05, 0.1) is 6.04 Å². The van der Waals surface area contributed by atoms with Gasteiger partial charge in [-0.25, -0.2) is 0 Å². The van der Waals surface area contributed by atoms with E-state index in [0.29, 0.717) is 11.3 Å². The third-order valence-corrected chi connectivity index (χ3v) is 4.42. The fourth-order valence-corrected chi connectivity index (χ4v) is 3.87. The van der Waals surface area contributed by atoms with Crippen LogP contribution in [0.15, 0.2) is 18.5 Å². The van der Waals surface area contributed by atoms with Crippen molar-refractivity contribution in [2.75, 3.05) is 0 Å². The standard InChI is InChI=1S/C16H27N3/c1-12(2)9-16(6-4-5-7-16)15(19-17)14-8-13(3)10-18-11-14/h8,10-12,15,19H,4-7,9,17H2,1-3H3. The highest BCUT2D eigenvalue weighted by atomic mass is 15.2. The highest BCUT2D eigenvalue weighted by molar-refractivity contribution is 5.23. The number of aryl methyl sites for hydroxylation is 1. The molecule has 0 bridgehead atoms. The van der Waals surface area contributed by atoms with Gasteiger partial charge in [0.1, 0.15) is 0 Å². The van der Waals surface area contributed by atoms with E-state index in [1.807, 2.05) is 12.4 Å². The van der Waals surface area contributed by atoms with Gasteiger partial charge in [0.2, 0.25) is 0 Å². The average molecular weight is 261 g/mol. The molecule has 1 aromatic heterocycles. The van der Waals surface area contributed by atoms with Crippen LogP contribution in [0.25, 0.3) is 0 Å². The SMILES string of the molecule is Cc1cncc(C(NN)C2(CC(C)C)CCCC2)c1. The fourth-order valence-electron chi connectivity index (χ4n) is 3.87. The molecule has 1 aliphatic rings. The van der Waals surface area contributed by atoms with Crippen molar-refractivity contribution in [1.29, 1.82) is 0 Å². The number of nitrogens with one attached hydrogen (secondary N) is 1. The predicted octanol–water partition coefficient (Wildman–Crippen LogP) is 3.50. The Morgan fingerprint density at radius 3 is 2.53 bits per heavy atom. The third-order valence-electron chi connectivity index (χ3n) is 4.42. The van der Waals surface area contributed by atoms with Crippen LogP contribution in [0, 0.1) is 18.3 Å². The van der Waals surface area contributed by atoms with Crippen molar-refractivity contribution in [3.05, 3.63) is 29.6 Å². The monoisotopic (exact) mass is 261 g/mol. The van der Waals surface area contributed by atoms with Crippen molar-refractivity contribution >= 4 is 0 Å². The first-order valence-electron chi connectivity index (χ1n) is 7.45. The summed E-state index contributed by atoms with van der Waals surface area (Å²) in [5, 5.41) is 0. The van der Waals surface area contributed by atoms with Gasteiger partial charge >= 0.3 is 0 Å². The highest BCUT2D eigenvalue weighted by Gasteiger charge is 2.42. The molecule has 1 heterocycles. The molecule has 106 valence electrons. The molecule has 1 aromatic rings. The quantitative estimate of drug-likeness (QED) is 0.630. The summed E-state index contributed by atoms with van der Waals surface area (Å²) in [5.41, 5.74) is 5.84. The van der Waals surface area contributed by atoms with Crippen LogP contribution in [0.4, 0.5) is 0 Å². The van der Waals surface area contributed by atoms with Gasteiger partial charge in [-0.1, -0.05) is 32.8 Å². The Kier molecular flexibility index (Phi) is 4.58. The molecule has 1 atom stereocenters. The van der Waals surface area contributed by atoms with Gasteiger partial charge in [0.25, 0.3) is 0 Å². The van der Waals surface area contributed by atoms with E-state index >= 15 is 0 Å². The van der Waals surface area contributed by atoms with Crippen LogP contribution < -0.4 is 11.3 Å². The summed E-state index contributed by atoms with van der Waals surface area (Å²) in [6, 6.07) is 2.45. The van der Waals surface area contributed by atoms with Crippen molar-refractivity contribution in [2.24, 2.45) is 17.2 Å². The van der Waals surface area contributed by atoms with E-state index in [0.717, 1.165) is 0 Å². The Bertz CT molecular complexity index is 408. The van der Waals surface area contributed by atoms with Gasteiger partial charge < -0.3 is 0 Å². The van der Waals surface area contributed by atoms with E-state index in [1.165, 1.54) is 43.2 Å². The topological polar surface area (TPSA) is 50.9 Å². The molecule has 0 saturated heterocycles. The number of hydrogen-bond acceptors (Lipinski definition) is 3. The fraction of sp³-hybridized carbons (Fsp3) is 0.688. The Morgan fingerprint density at radius 2 is 2.00 bits per heavy atom. The zero-order valence-corrected chi connectivity index (χ0v) is 12.4. The summed E-state index contributed by atoms with van der Waals surface area (Å²) in [6.07, 6.45) is 10.3. The molecule has 0 radical (unpaired) electrons. The number of rotatable bonds is 5. The molecule has 3 N–H and O–H groups in total. The zero-order chi connectivity index (χ0) is 13.9. The first kappa shape index (κ1) is 14.5. The van der Waals surface area contributed by atoms with E-state index in [4.69, 9.17) is 5.84 Å². The third kappa shape index (κ3) is 3.15. The Balaban J connectivity index is 2.32. The lowest BCUT2D eigenvalue weighted by Gasteiger charge is -2.39. The van der Waals surface area contributed by atoms with Crippen LogP contribution in [0.1, 0.15) is 63.1 Å². The van der Waals surface area contributed by atoms with E-state index < -0.39 is 0 Å². The first-order chi connectivity index (χ1) is 9.07. The maximum atomic E-state index is 5.92. The Labute approximate surface area is 117 Å². The highest BCUT2D eigenvalue weighted by Crippen LogP contribution is 2.51. The lowest BCUT2D eigenvalue weighted by Crippen LogP contribution is -2.41. The van der Waals surface area contributed by atoms with Crippen molar-refractivity contribution in [3.8, 4) is 0 Å². The second-order valence-corrected chi connectivity index (χ2v) is 6.56. The molecule has 1 aliphatic carbocycles. The number of aromatic nitrogens is 1. The largest absolute Gasteiger partial charge is 0.271 e. The van der Waals surface area contributed by atoms with E-state index in [9.17, 15) is 0 Å². The maximum absolute atomic E-state index is 5.92. The van der Waals surface area contributed by atoms with E-state index in [-0.39, 0.29) is 6.04 Å². The molecule has 1 fully saturated rings. The van der Waals surface area contributed by atoms with Gasteiger partial charge in [0, 0.05) is 12.4 Å². The molecule has 2 rings (SSSR count). The van der Waals surface area contributed by atoms with Crippen LogP contribution in [-0.2, 0) is 0 Å². The molecule has 1 unspecified atom stereocenters. The van der Waals surface area contributed by atoms with Crippen molar-refractivity contribution in [2.45, 2.75) is 58.9 Å². The number of nitrogens with two attached hydrogens (primary N) is 1. The van der Waals surface area contributed by atoms with Gasteiger partial charge in [-0.15, -0.1) is 0 Å². The summed E-state index contributed by atoms with van der Waals surface area (Å²) in [6.45, 7) is 6.71. The smallest absolute Gasteiger partial charge is 0.0531 e. The summed E-state index contributed by atoms with van der Waals surface area (Å²) in [4.78, 5) is 4.34. The minimum atomic E-state index is 0.227. The minimum absolute atomic E-state index is 0.227. The van der Waals surface area contributed by atoms with Crippen molar-refractivity contribution in [1.82, 2.24) is 10.4 Å². The second kappa shape index (κ2) is 6.02. The minimum Gasteiger partial charge on any atom is -0.271 e. The van der Waals surface area contributed by atoms with Gasteiger partial charge in [-0.3, -0.25) is 16.3 Å². The average Bonchev–Trinajstić information content (AvgIpc) is 2.78. The number of hydrazine groups is 1. The molecule has 0 aromatic carbocycles. The molecule has 0 amide bonds. The summed E-state index contributed by atoms with van der Waals surface area (Å²) < 4.78 is 0. The molecule has 0 aliphatic heterocycles. The van der Waals surface area contributed by atoms with E-state index in [2.05, 4.69) is 37.2 Å². The Hall–Kier alpha value is -0.930. The number of hydrogen-bond donors (Lipinski definition) is 2. The summed E-state index contributed by atoms with van der Waals surface area (Å²) in [5.74, 6) is 6.62. The summed E-state index contributed by atoms with van der Waals surface area (Å²) >= 11 is 0. The number of nitrogens with zero attached hydrogens (tertiary/aromatic N) is 1. The number of pyridine rings is 1. The molecular formula is C16H27N3. The van der Waals surface area contributed by atoms with Crippen LogP contribution >= 0.6 is 0 Å². The van der Waals surface area contributed by atoms with Gasteiger partial charge in [-0.2, -0.15) is 0 Å². The van der Waals surface area contributed by atoms with E-state index in [1.54, 1.807) is 0 Å². The first-order valence-corrected chi connectivity index (χ1v) is 7.45. The molecular weight excluding hydrogens is 234 g/mol. The van der Waals surface area contributed by atoms with Gasteiger partial charge in [0.15, 0.2) is 0 Å². The predicted molar refractivity (Wildman–Crippen MR) is 79.4 cm³/mol. The lowest BCUT2D eigenvalue weighted by atomic mass is 9.71. The Morgan fingerprint density at radius 1 is 1.32 bits per heavy atom. The second-order valence-electron chi connectivity index (χ2n) is 6.56. The molecule has 3 heteroatoms. The lowest BCUT2D eigenvalue weighted by molar-refractivity contribution is 0.155. The molecule has 3 nitrogen and oxygen atoms in total. The molecule has 19 heavy (non-hydrogen) atoms. The van der Waals surface area contributed by atoms with Crippen LogP contribution in [-0.4, -0.2) is 4.98 Å². The van der Waals surface area contributed by atoms with Crippen LogP contribution in [0.5, 0.6) is 0 Å². The summed E-state index contributed by atoms with van der Waals surface area (Å²) in [7, 11) is 0. The van der Waals surface area contributed by atoms with Crippen molar-refractivity contribution < 1.29 is 0 Å². The van der Waals surface area contributed by atoms with Crippen LogP contribution in [0.2, 0.25) is 0 Å². The van der Waals surface area contributed by atoms with Crippen molar-refractivity contribution in [3.63, 3.8) is 0 Å².